The Morgan fingerprint density at radius 3 is 1.94 bits per heavy atom. The molecule has 1 heterocycles. The minimum Gasteiger partial charge on any atom is -0.378 e. The lowest BCUT2D eigenvalue weighted by molar-refractivity contribution is -0.120. The molecule has 5 nitrogen and oxygen atoms in total. The molecule has 3 aromatic rings. The first-order chi connectivity index (χ1) is 15.3. The van der Waals surface area contributed by atoms with E-state index >= 15 is 0 Å². The molecule has 5 heteroatoms. The fourth-order valence-electron chi connectivity index (χ4n) is 3.90. The summed E-state index contributed by atoms with van der Waals surface area (Å²) < 4.78 is 0. The van der Waals surface area contributed by atoms with E-state index in [-0.39, 0.29) is 11.8 Å². The number of likely N-dealkylation sites (N-methyl/N-ethyl adjacent to an activating group) is 1. The Kier molecular flexibility index (Phi) is 5.57. The van der Waals surface area contributed by atoms with Crippen LogP contribution < -0.4 is 14.7 Å². The third kappa shape index (κ3) is 3.66. The monoisotopic (exact) mass is 425 g/mol. The van der Waals surface area contributed by atoms with Crippen molar-refractivity contribution in [2.24, 2.45) is 0 Å². The SMILES string of the molecule is Cc1ccc(C2=C(N(C)c3ccccc3)C(=O)N(c3ccc(N(C)C)cc3)C2=O)cc1C. The molecule has 0 atom stereocenters. The number of hydrogen-bond acceptors (Lipinski definition) is 4. The number of hydrogen-bond donors (Lipinski definition) is 0. The Bertz CT molecular complexity index is 1210. The van der Waals surface area contributed by atoms with Gasteiger partial charge in [-0.05, 0) is 66.9 Å². The molecular weight excluding hydrogens is 398 g/mol. The average molecular weight is 426 g/mol. The molecule has 1 aliphatic rings. The van der Waals surface area contributed by atoms with Gasteiger partial charge in [0.1, 0.15) is 5.70 Å². The minimum absolute atomic E-state index is 0.311. The molecule has 1 aliphatic heterocycles. The van der Waals surface area contributed by atoms with Gasteiger partial charge in [0.05, 0.1) is 11.3 Å². The fourth-order valence-corrected chi connectivity index (χ4v) is 3.90. The Balaban J connectivity index is 1.85. The lowest BCUT2D eigenvalue weighted by Gasteiger charge is -2.22. The van der Waals surface area contributed by atoms with E-state index < -0.39 is 0 Å². The van der Waals surface area contributed by atoms with E-state index in [1.807, 2.05) is 113 Å². The van der Waals surface area contributed by atoms with Crippen molar-refractivity contribution >= 4 is 34.4 Å². The van der Waals surface area contributed by atoms with Crippen LogP contribution in [0.5, 0.6) is 0 Å². The number of anilines is 3. The van der Waals surface area contributed by atoms with Crippen molar-refractivity contribution in [1.82, 2.24) is 0 Å². The summed E-state index contributed by atoms with van der Waals surface area (Å²) in [7, 11) is 5.73. The van der Waals surface area contributed by atoms with Gasteiger partial charge in [0.25, 0.3) is 11.8 Å². The van der Waals surface area contributed by atoms with E-state index in [4.69, 9.17) is 0 Å². The highest BCUT2D eigenvalue weighted by Gasteiger charge is 2.42. The van der Waals surface area contributed by atoms with Crippen molar-refractivity contribution in [2.75, 3.05) is 35.8 Å². The molecular formula is C27H27N3O2. The topological polar surface area (TPSA) is 43.9 Å². The number of aryl methyl sites for hydroxylation is 2. The first-order valence-electron chi connectivity index (χ1n) is 10.6. The van der Waals surface area contributed by atoms with Gasteiger partial charge in [-0.2, -0.15) is 0 Å². The van der Waals surface area contributed by atoms with Crippen molar-refractivity contribution in [3.05, 3.63) is 95.2 Å². The smallest absolute Gasteiger partial charge is 0.282 e. The highest BCUT2D eigenvalue weighted by molar-refractivity contribution is 6.46. The zero-order valence-electron chi connectivity index (χ0n) is 19.1. The summed E-state index contributed by atoms with van der Waals surface area (Å²) >= 11 is 0. The lowest BCUT2D eigenvalue weighted by atomic mass is 9.99. The summed E-state index contributed by atoms with van der Waals surface area (Å²) in [6, 6.07) is 22.9. The van der Waals surface area contributed by atoms with E-state index in [1.165, 1.54) is 4.90 Å². The zero-order valence-corrected chi connectivity index (χ0v) is 19.1. The maximum absolute atomic E-state index is 13.7. The standard InChI is InChI=1S/C27H27N3O2/c1-18-11-12-20(17-19(18)2)24-25(29(5)22-9-7-6-8-10-22)27(32)30(26(24)31)23-15-13-21(14-16-23)28(3)4/h6-17H,1-5H3. The molecule has 3 aromatic carbocycles. The van der Waals surface area contributed by atoms with Crippen LogP contribution in [0.4, 0.5) is 17.1 Å². The van der Waals surface area contributed by atoms with Gasteiger partial charge in [-0.3, -0.25) is 9.59 Å². The predicted octanol–water partition coefficient (Wildman–Crippen LogP) is 4.79. The van der Waals surface area contributed by atoms with Crippen LogP contribution in [0.3, 0.4) is 0 Å². The van der Waals surface area contributed by atoms with Gasteiger partial charge < -0.3 is 9.80 Å². The first kappa shape index (κ1) is 21.4. The number of amides is 2. The number of para-hydroxylation sites is 1. The second kappa shape index (κ2) is 8.35. The van der Waals surface area contributed by atoms with Crippen LogP contribution in [0.25, 0.3) is 5.57 Å². The highest BCUT2D eigenvalue weighted by atomic mass is 16.2. The van der Waals surface area contributed by atoms with Crippen molar-refractivity contribution in [2.45, 2.75) is 13.8 Å². The van der Waals surface area contributed by atoms with Crippen molar-refractivity contribution < 1.29 is 9.59 Å². The molecule has 2 amide bonds. The Hall–Kier alpha value is -3.86. The normalized spacial score (nSPS) is 13.7. The molecule has 0 N–H and O–H groups in total. The van der Waals surface area contributed by atoms with Crippen molar-refractivity contribution in [3.63, 3.8) is 0 Å². The molecule has 0 saturated carbocycles. The Morgan fingerprint density at radius 2 is 1.34 bits per heavy atom. The summed E-state index contributed by atoms with van der Waals surface area (Å²) in [5.41, 5.74) is 6.15. The number of imide groups is 1. The third-order valence-corrected chi connectivity index (χ3v) is 5.96. The van der Waals surface area contributed by atoms with Crippen LogP contribution in [-0.2, 0) is 9.59 Å². The first-order valence-corrected chi connectivity index (χ1v) is 10.6. The minimum atomic E-state index is -0.327. The number of carbonyl (C=O) groups excluding carboxylic acids is 2. The zero-order chi connectivity index (χ0) is 23.0. The summed E-state index contributed by atoms with van der Waals surface area (Å²) in [5, 5.41) is 0. The molecule has 0 radical (unpaired) electrons. The molecule has 0 spiro atoms. The molecule has 0 aliphatic carbocycles. The van der Waals surface area contributed by atoms with E-state index in [2.05, 4.69) is 0 Å². The second-order valence-corrected chi connectivity index (χ2v) is 8.27. The number of benzene rings is 3. The van der Waals surface area contributed by atoms with Gasteiger partial charge in [0.2, 0.25) is 0 Å². The van der Waals surface area contributed by atoms with Crippen molar-refractivity contribution in [3.8, 4) is 0 Å². The van der Waals surface area contributed by atoms with E-state index in [1.54, 1.807) is 4.90 Å². The predicted molar refractivity (Wildman–Crippen MR) is 131 cm³/mol. The second-order valence-electron chi connectivity index (χ2n) is 8.27. The van der Waals surface area contributed by atoms with Gasteiger partial charge >= 0.3 is 0 Å². The van der Waals surface area contributed by atoms with Gasteiger partial charge in [0.15, 0.2) is 0 Å². The molecule has 162 valence electrons. The molecule has 0 fully saturated rings. The van der Waals surface area contributed by atoms with Gasteiger partial charge in [0, 0.05) is 32.5 Å². The molecule has 0 bridgehead atoms. The van der Waals surface area contributed by atoms with E-state index in [0.29, 0.717) is 17.0 Å². The highest BCUT2D eigenvalue weighted by Crippen LogP contribution is 2.37. The maximum atomic E-state index is 13.7. The van der Waals surface area contributed by atoms with Gasteiger partial charge in [-0.1, -0.05) is 36.4 Å². The Morgan fingerprint density at radius 1 is 0.688 bits per heavy atom. The van der Waals surface area contributed by atoms with Crippen LogP contribution in [0, 0.1) is 13.8 Å². The average Bonchev–Trinajstić information content (AvgIpc) is 3.05. The lowest BCUT2D eigenvalue weighted by Crippen LogP contribution is -2.34. The number of nitrogens with zero attached hydrogens (tertiary/aromatic N) is 3. The van der Waals surface area contributed by atoms with Gasteiger partial charge in [-0.15, -0.1) is 0 Å². The molecule has 0 aromatic heterocycles. The molecule has 0 saturated heterocycles. The summed E-state index contributed by atoms with van der Waals surface area (Å²) in [6.45, 7) is 4.05. The van der Waals surface area contributed by atoms with E-state index in [9.17, 15) is 9.59 Å². The maximum Gasteiger partial charge on any atom is 0.282 e. The third-order valence-electron chi connectivity index (χ3n) is 5.96. The van der Waals surface area contributed by atoms with Crippen LogP contribution in [0.1, 0.15) is 16.7 Å². The largest absolute Gasteiger partial charge is 0.378 e. The van der Waals surface area contributed by atoms with E-state index in [0.717, 1.165) is 28.1 Å². The molecule has 0 unspecified atom stereocenters. The molecule has 32 heavy (non-hydrogen) atoms. The quantitative estimate of drug-likeness (QED) is 0.552. The van der Waals surface area contributed by atoms with Crippen molar-refractivity contribution in [1.29, 1.82) is 0 Å². The fraction of sp³-hybridized carbons (Fsp3) is 0.185. The van der Waals surface area contributed by atoms with Crippen LogP contribution in [0.15, 0.2) is 78.5 Å². The summed E-state index contributed by atoms with van der Waals surface area (Å²) in [6.07, 6.45) is 0. The Labute approximate surface area is 189 Å². The number of rotatable bonds is 5. The van der Waals surface area contributed by atoms with Crippen LogP contribution in [0.2, 0.25) is 0 Å². The van der Waals surface area contributed by atoms with Gasteiger partial charge in [-0.25, -0.2) is 4.90 Å². The summed E-state index contributed by atoms with van der Waals surface area (Å²) in [4.78, 5) is 32.4. The number of carbonyl (C=O) groups is 2. The van der Waals surface area contributed by atoms with Crippen LogP contribution in [-0.4, -0.2) is 33.0 Å². The summed E-state index contributed by atoms with van der Waals surface area (Å²) in [5.74, 6) is -0.638. The van der Waals surface area contributed by atoms with Crippen LogP contribution >= 0.6 is 0 Å². The molecule has 4 rings (SSSR count).